The SMILES string of the molecule is CCN(CC)c1ncc(/C=N\Nc2ccc(C(=O)[O-])cc2)s1. The number of benzene rings is 1. The molecule has 0 amide bonds. The van der Waals surface area contributed by atoms with Gasteiger partial charge in [0, 0.05) is 19.3 Å². The molecular formula is C15H17N4O2S-. The summed E-state index contributed by atoms with van der Waals surface area (Å²) in [6.07, 6.45) is 3.47. The normalized spacial score (nSPS) is 10.8. The summed E-state index contributed by atoms with van der Waals surface area (Å²) in [5.74, 6) is -1.19. The Morgan fingerprint density at radius 2 is 2.05 bits per heavy atom. The second-order valence-corrected chi connectivity index (χ2v) is 5.49. The largest absolute Gasteiger partial charge is 0.545 e. The number of carboxylic acid groups (broad SMARTS) is 1. The van der Waals surface area contributed by atoms with Crippen LogP contribution in [0.15, 0.2) is 35.6 Å². The molecule has 22 heavy (non-hydrogen) atoms. The number of anilines is 2. The van der Waals surface area contributed by atoms with Crippen LogP contribution in [0, 0.1) is 0 Å². The number of nitrogens with zero attached hydrogens (tertiary/aromatic N) is 3. The molecule has 0 aliphatic carbocycles. The molecule has 0 saturated carbocycles. The molecule has 0 spiro atoms. The van der Waals surface area contributed by atoms with Gasteiger partial charge in [-0.15, -0.1) is 0 Å². The number of hydrazone groups is 1. The number of aromatic nitrogens is 1. The zero-order chi connectivity index (χ0) is 15.9. The number of nitrogens with one attached hydrogen (secondary N) is 1. The Bertz CT molecular complexity index is 648. The van der Waals surface area contributed by atoms with E-state index in [-0.39, 0.29) is 5.56 Å². The van der Waals surface area contributed by atoms with Crippen LogP contribution in [-0.2, 0) is 0 Å². The maximum absolute atomic E-state index is 10.6. The highest BCUT2D eigenvalue weighted by molar-refractivity contribution is 7.17. The van der Waals surface area contributed by atoms with E-state index < -0.39 is 5.97 Å². The minimum Gasteiger partial charge on any atom is -0.545 e. The number of hydrogen-bond acceptors (Lipinski definition) is 7. The van der Waals surface area contributed by atoms with Crippen LogP contribution in [-0.4, -0.2) is 30.3 Å². The third kappa shape index (κ3) is 4.05. The minimum atomic E-state index is -1.19. The van der Waals surface area contributed by atoms with E-state index in [4.69, 9.17) is 0 Å². The maximum atomic E-state index is 10.6. The summed E-state index contributed by atoms with van der Waals surface area (Å²) in [4.78, 5) is 18.1. The average molecular weight is 317 g/mol. The summed E-state index contributed by atoms with van der Waals surface area (Å²) in [6.45, 7) is 6.03. The molecule has 0 fully saturated rings. The average Bonchev–Trinajstić information content (AvgIpc) is 2.98. The molecule has 116 valence electrons. The Labute approximate surface area is 133 Å². The molecule has 0 bridgehead atoms. The number of aromatic carboxylic acids is 1. The summed E-state index contributed by atoms with van der Waals surface area (Å²) in [7, 11) is 0. The lowest BCUT2D eigenvalue weighted by Crippen LogP contribution is -2.21. The summed E-state index contributed by atoms with van der Waals surface area (Å²) in [5.41, 5.74) is 3.69. The van der Waals surface area contributed by atoms with Gasteiger partial charge in [-0.3, -0.25) is 5.43 Å². The van der Waals surface area contributed by atoms with Crippen LogP contribution in [0.2, 0.25) is 0 Å². The van der Waals surface area contributed by atoms with Gasteiger partial charge >= 0.3 is 0 Å². The van der Waals surface area contributed by atoms with Gasteiger partial charge in [0.25, 0.3) is 0 Å². The Morgan fingerprint density at radius 3 is 2.64 bits per heavy atom. The fourth-order valence-electron chi connectivity index (χ4n) is 1.83. The smallest absolute Gasteiger partial charge is 0.185 e. The van der Waals surface area contributed by atoms with Crippen molar-refractivity contribution in [3.05, 3.63) is 40.9 Å². The molecule has 1 aromatic heterocycles. The van der Waals surface area contributed by atoms with Crippen LogP contribution in [0.4, 0.5) is 10.8 Å². The number of thiazole rings is 1. The first kappa shape index (κ1) is 16.0. The third-order valence-electron chi connectivity index (χ3n) is 3.05. The predicted octanol–water partition coefficient (Wildman–Crippen LogP) is 1.80. The molecule has 1 heterocycles. The quantitative estimate of drug-likeness (QED) is 0.622. The standard InChI is InChI=1S/C15H18N4O2S/c1-3-19(4-2)15-16-9-13(22-15)10-17-18-12-7-5-11(6-8-12)14(20)21/h5-10,18H,3-4H2,1-2H3,(H,20,21)/p-1/b17-10-. The van der Waals surface area contributed by atoms with Crippen molar-refractivity contribution < 1.29 is 9.90 Å². The van der Waals surface area contributed by atoms with Gasteiger partial charge in [0.2, 0.25) is 0 Å². The van der Waals surface area contributed by atoms with Gasteiger partial charge in [0.1, 0.15) is 0 Å². The Kier molecular flexibility index (Phi) is 5.48. The fourth-order valence-corrected chi connectivity index (χ4v) is 2.74. The van der Waals surface area contributed by atoms with Gasteiger partial charge in [0.15, 0.2) is 5.13 Å². The summed E-state index contributed by atoms with van der Waals surface area (Å²) >= 11 is 1.57. The number of carbonyl (C=O) groups is 1. The van der Waals surface area contributed by atoms with Crippen molar-refractivity contribution >= 4 is 34.3 Å². The lowest BCUT2D eigenvalue weighted by atomic mass is 10.2. The Balaban J connectivity index is 1.96. The molecule has 7 heteroatoms. The number of carboxylic acids is 1. The number of carbonyl (C=O) groups excluding carboxylic acids is 1. The van der Waals surface area contributed by atoms with E-state index in [2.05, 4.69) is 34.3 Å². The topological polar surface area (TPSA) is 80.7 Å². The molecular weight excluding hydrogens is 300 g/mol. The van der Waals surface area contributed by atoms with Gasteiger partial charge in [0.05, 0.1) is 22.7 Å². The Hall–Kier alpha value is -2.41. The van der Waals surface area contributed by atoms with Crippen LogP contribution in [0.3, 0.4) is 0 Å². The van der Waals surface area contributed by atoms with Crippen LogP contribution in [0.25, 0.3) is 0 Å². The first-order chi connectivity index (χ1) is 10.6. The third-order valence-corrected chi connectivity index (χ3v) is 4.04. The minimum absolute atomic E-state index is 0.140. The lowest BCUT2D eigenvalue weighted by molar-refractivity contribution is -0.255. The first-order valence-corrected chi connectivity index (χ1v) is 7.77. The predicted molar refractivity (Wildman–Crippen MR) is 87.7 cm³/mol. The maximum Gasteiger partial charge on any atom is 0.185 e. The molecule has 0 unspecified atom stereocenters. The molecule has 0 aliphatic rings. The summed E-state index contributed by atoms with van der Waals surface area (Å²) < 4.78 is 0. The molecule has 2 aromatic rings. The van der Waals surface area contributed by atoms with Crippen molar-refractivity contribution in [2.24, 2.45) is 5.10 Å². The van der Waals surface area contributed by atoms with E-state index in [1.807, 2.05) is 0 Å². The fraction of sp³-hybridized carbons (Fsp3) is 0.267. The second-order valence-electron chi connectivity index (χ2n) is 4.45. The second kappa shape index (κ2) is 7.56. The first-order valence-electron chi connectivity index (χ1n) is 6.95. The zero-order valence-corrected chi connectivity index (χ0v) is 13.3. The van der Waals surface area contributed by atoms with E-state index >= 15 is 0 Å². The number of rotatable bonds is 7. The monoisotopic (exact) mass is 317 g/mol. The molecule has 6 nitrogen and oxygen atoms in total. The lowest BCUT2D eigenvalue weighted by Gasteiger charge is -2.16. The van der Waals surface area contributed by atoms with Crippen LogP contribution < -0.4 is 15.4 Å². The summed E-state index contributed by atoms with van der Waals surface area (Å²) in [6, 6.07) is 6.21. The molecule has 0 saturated heterocycles. The van der Waals surface area contributed by atoms with Crippen LogP contribution in [0.5, 0.6) is 0 Å². The van der Waals surface area contributed by atoms with Gasteiger partial charge < -0.3 is 14.8 Å². The van der Waals surface area contributed by atoms with E-state index in [0.29, 0.717) is 5.69 Å². The summed E-state index contributed by atoms with van der Waals surface area (Å²) in [5, 5.41) is 15.7. The zero-order valence-electron chi connectivity index (χ0n) is 12.4. The van der Waals surface area contributed by atoms with Gasteiger partial charge in [-0.25, -0.2) is 4.98 Å². The van der Waals surface area contributed by atoms with Crippen molar-refractivity contribution in [1.82, 2.24) is 4.98 Å². The molecule has 2 rings (SSSR count). The van der Waals surface area contributed by atoms with Crippen molar-refractivity contribution in [2.45, 2.75) is 13.8 Å². The van der Waals surface area contributed by atoms with Crippen molar-refractivity contribution in [3.63, 3.8) is 0 Å². The van der Waals surface area contributed by atoms with E-state index in [9.17, 15) is 9.90 Å². The van der Waals surface area contributed by atoms with Crippen molar-refractivity contribution in [1.29, 1.82) is 0 Å². The van der Waals surface area contributed by atoms with E-state index in [1.54, 1.807) is 35.9 Å². The van der Waals surface area contributed by atoms with Crippen LogP contribution >= 0.6 is 11.3 Å². The number of hydrogen-bond donors (Lipinski definition) is 1. The Morgan fingerprint density at radius 1 is 1.36 bits per heavy atom. The molecule has 1 aromatic carbocycles. The van der Waals surface area contributed by atoms with Crippen molar-refractivity contribution in [2.75, 3.05) is 23.4 Å². The van der Waals surface area contributed by atoms with E-state index in [0.717, 1.165) is 23.1 Å². The highest BCUT2D eigenvalue weighted by Gasteiger charge is 2.06. The van der Waals surface area contributed by atoms with Gasteiger partial charge in [-0.1, -0.05) is 23.5 Å². The van der Waals surface area contributed by atoms with E-state index in [1.165, 1.54) is 12.1 Å². The molecule has 0 aliphatic heterocycles. The highest BCUT2D eigenvalue weighted by atomic mass is 32.1. The van der Waals surface area contributed by atoms with Crippen LogP contribution in [0.1, 0.15) is 29.1 Å². The van der Waals surface area contributed by atoms with Crippen molar-refractivity contribution in [3.8, 4) is 0 Å². The molecule has 0 atom stereocenters. The van der Waals surface area contributed by atoms with Gasteiger partial charge in [-0.05, 0) is 31.5 Å². The molecule has 0 radical (unpaired) electrons. The van der Waals surface area contributed by atoms with Gasteiger partial charge in [-0.2, -0.15) is 5.10 Å². The molecule has 1 N–H and O–H groups in total. The highest BCUT2D eigenvalue weighted by Crippen LogP contribution is 2.20.